The standard InChI is InChI=1S/C40H38Cl4N4O3S2/c1-47-21-35(33-15-29(41)17-39(43)37(33)23-47)27-7-11-31(12-8-27)52(49)45-19-25-3-5-26(6-4-25)20-46-53(50,51)32-13-9-28(10-14-32)36-22-48(2)24-38-34(36)16-30(42)18-40(38)44/h3-18,35-36,45-46H,19-24H2,1-2H3. The zero-order chi connectivity index (χ0) is 37.4. The highest BCUT2D eigenvalue weighted by Gasteiger charge is 2.29. The van der Waals surface area contributed by atoms with Gasteiger partial charge < -0.3 is 14.4 Å². The van der Waals surface area contributed by atoms with Crippen LogP contribution in [0.4, 0.5) is 0 Å². The predicted octanol–water partition coefficient (Wildman–Crippen LogP) is 8.75. The lowest BCUT2D eigenvalue weighted by atomic mass is 9.85. The molecule has 2 aliphatic rings. The van der Waals surface area contributed by atoms with E-state index in [1.165, 1.54) is 0 Å². The molecule has 0 bridgehead atoms. The van der Waals surface area contributed by atoms with Crippen LogP contribution in [0.25, 0.3) is 0 Å². The summed E-state index contributed by atoms with van der Waals surface area (Å²) in [6.07, 6.45) is 0. The molecule has 7 rings (SSSR count). The largest absolute Gasteiger partial charge is 0.593 e. The molecule has 3 unspecified atom stereocenters. The van der Waals surface area contributed by atoms with E-state index in [-0.39, 0.29) is 23.3 Å². The summed E-state index contributed by atoms with van der Waals surface area (Å²) < 4.78 is 45.4. The molecule has 0 fully saturated rings. The van der Waals surface area contributed by atoms with Crippen LogP contribution in [0, 0.1) is 0 Å². The van der Waals surface area contributed by atoms with Crippen LogP contribution in [0.2, 0.25) is 20.1 Å². The van der Waals surface area contributed by atoms with Crippen molar-refractivity contribution in [3.8, 4) is 0 Å². The van der Waals surface area contributed by atoms with E-state index in [2.05, 4.69) is 26.3 Å². The number of benzene rings is 5. The third kappa shape index (κ3) is 8.77. The molecule has 0 aliphatic carbocycles. The first-order valence-corrected chi connectivity index (χ1v) is 21.2. The van der Waals surface area contributed by atoms with Crippen LogP contribution in [-0.4, -0.2) is 50.0 Å². The smallest absolute Gasteiger partial charge is 0.240 e. The van der Waals surface area contributed by atoms with E-state index < -0.39 is 21.4 Å². The molecule has 7 nitrogen and oxygen atoms in total. The third-order valence-electron chi connectivity index (χ3n) is 9.97. The van der Waals surface area contributed by atoms with E-state index in [1.807, 2.05) is 79.8 Å². The molecule has 13 heteroatoms. The molecule has 2 heterocycles. The maximum atomic E-state index is 13.2. The van der Waals surface area contributed by atoms with Gasteiger partial charge in [-0.1, -0.05) is 94.9 Å². The Hall–Kier alpha value is -2.64. The molecule has 53 heavy (non-hydrogen) atoms. The lowest BCUT2D eigenvalue weighted by molar-refractivity contribution is 0.295. The molecule has 0 radical (unpaired) electrons. The summed E-state index contributed by atoms with van der Waals surface area (Å²) >= 11 is 24.3. The number of halogens is 4. The first-order chi connectivity index (χ1) is 25.3. The van der Waals surface area contributed by atoms with Gasteiger partial charge in [-0.3, -0.25) is 0 Å². The topological polar surface area (TPSA) is 87.7 Å². The van der Waals surface area contributed by atoms with E-state index in [0.717, 1.165) is 70.7 Å². The van der Waals surface area contributed by atoms with Crippen molar-refractivity contribution in [1.29, 1.82) is 0 Å². The lowest BCUT2D eigenvalue weighted by Crippen LogP contribution is -2.31. The summed E-state index contributed by atoms with van der Waals surface area (Å²) in [5, 5.41) is 2.52. The normalized spacial score (nSPS) is 18.4. The van der Waals surface area contributed by atoms with Crippen LogP contribution >= 0.6 is 46.4 Å². The Morgan fingerprint density at radius 1 is 0.679 bits per heavy atom. The lowest BCUT2D eigenvalue weighted by Gasteiger charge is -2.33. The Morgan fingerprint density at radius 2 is 1.13 bits per heavy atom. The van der Waals surface area contributed by atoms with Crippen molar-refractivity contribution in [2.75, 3.05) is 27.2 Å². The molecule has 3 atom stereocenters. The summed E-state index contributed by atoms with van der Waals surface area (Å²) in [5.41, 5.74) is 8.16. The third-order valence-corrected chi connectivity index (χ3v) is 13.6. The zero-order valence-corrected chi connectivity index (χ0v) is 33.7. The number of rotatable bonds is 10. The van der Waals surface area contributed by atoms with Crippen LogP contribution in [0.3, 0.4) is 0 Å². The van der Waals surface area contributed by atoms with E-state index in [0.29, 0.717) is 31.5 Å². The van der Waals surface area contributed by atoms with Crippen LogP contribution in [0.15, 0.2) is 107 Å². The van der Waals surface area contributed by atoms with Crippen molar-refractivity contribution >= 4 is 67.8 Å². The average Bonchev–Trinajstić information content (AvgIpc) is 3.14. The van der Waals surface area contributed by atoms with Crippen molar-refractivity contribution in [2.45, 2.75) is 47.8 Å². The minimum atomic E-state index is -3.75. The second-order valence-corrected chi connectivity index (χ2v) is 18.5. The summed E-state index contributed by atoms with van der Waals surface area (Å²) in [5.74, 6) is 0.122. The van der Waals surface area contributed by atoms with Gasteiger partial charge in [-0.15, -0.1) is 4.72 Å². The quantitative estimate of drug-likeness (QED) is 0.137. The molecular weight excluding hydrogens is 790 g/mol. The van der Waals surface area contributed by atoms with Gasteiger partial charge in [0.15, 0.2) is 4.90 Å². The van der Waals surface area contributed by atoms with Crippen molar-refractivity contribution in [2.24, 2.45) is 0 Å². The minimum Gasteiger partial charge on any atom is -0.593 e. The number of sulfonamides is 1. The molecule has 0 aromatic heterocycles. The van der Waals surface area contributed by atoms with Gasteiger partial charge in [-0.25, -0.2) is 13.1 Å². The number of hydrogen-bond donors (Lipinski definition) is 2. The second-order valence-electron chi connectivity index (χ2n) is 13.8. The van der Waals surface area contributed by atoms with E-state index >= 15 is 0 Å². The van der Waals surface area contributed by atoms with Gasteiger partial charge in [0.1, 0.15) is 0 Å². The molecule has 0 amide bonds. The van der Waals surface area contributed by atoms with Gasteiger partial charge in [-0.05, 0) is 107 Å². The Bertz CT molecular complexity index is 2220. The van der Waals surface area contributed by atoms with Crippen LogP contribution < -0.4 is 9.44 Å². The Kier molecular flexibility index (Phi) is 11.8. The fourth-order valence-corrected chi connectivity index (χ4v) is 10.2. The highest BCUT2D eigenvalue weighted by atomic mass is 35.5. The van der Waals surface area contributed by atoms with Gasteiger partial charge >= 0.3 is 0 Å². The van der Waals surface area contributed by atoms with Gasteiger partial charge in [0, 0.05) is 64.7 Å². The molecule has 2 aliphatic heterocycles. The van der Waals surface area contributed by atoms with E-state index in [1.54, 1.807) is 24.3 Å². The first-order valence-electron chi connectivity index (χ1n) is 17.1. The van der Waals surface area contributed by atoms with E-state index in [4.69, 9.17) is 46.4 Å². The summed E-state index contributed by atoms with van der Waals surface area (Å²) in [4.78, 5) is 5.30. The van der Waals surface area contributed by atoms with Gasteiger partial charge in [0.05, 0.1) is 22.8 Å². The fraction of sp³-hybridized carbons (Fsp3) is 0.250. The van der Waals surface area contributed by atoms with Crippen LogP contribution in [0.5, 0.6) is 0 Å². The van der Waals surface area contributed by atoms with Crippen LogP contribution in [0.1, 0.15) is 56.3 Å². The van der Waals surface area contributed by atoms with Crippen molar-refractivity contribution in [3.63, 3.8) is 0 Å². The average molecular weight is 829 g/mol. The van der Waals surface area contributed by atoms with Gasteiger partial charge in [0.25, 0.3) is 0 Å². The summed E-state index contributed by atoms with van der Waals surface area (Å²) in [6.45, 7) is 3.60. The number of fused-ring (bicyclic) bond motifs is 2. The summed E-state index contributed by atoms with van der Waals surface area (Å²) in [7, 11) is 0.359. The fourth-order valence-electron chi connectivity index (χ4n) is 7.23. The Labute approximate surface area is 334 Å². The number of nitrogens with zero attached hydrogens (tertiary/aromatic N) is 2. The van der Waals surface area contributed by atoms with E-state index in [9.17, 15) is 13.0 Å². The van der Waals surface area contributed by atoms with Gasteiger partial charge in [0.2, 0.25) is 10.0 Å². The SMILES string of the molecule is CN1Cc2c(Cl)cc(Cl)cc2C(c2ccc([S+]([O-])NCc3ccc(CNS(=O)(=O)c4ccc(C5CN(C)Cc6c(Cl)cc(Cl)cc65)cc4)cc3)cc2)C1. The van der Waals surface area contributed by atoms with Crippen molar-refractivity contribution in [1.82, 2.24) is 19.2 Å². The number of nitrogens with one attached hydrogen (secondary N) is 2. The summed E-state index contributed by atoms with van der Waals surface area (Å²) in [6, 6.07) is 29.8. The van der Waals surface area contributed by atoms with Crippen molar-refractivity contribution < 1.29 is 13.0 Å². The first kappa shape index (κ1) is 38.6. The molecule has 0 saturated heterocycles. The Morgan fingerprint density at radius 3 is 1.62 bits per heavy atom. The second kappa shape index (κ2) is 16.2. The molecule has 5 aromatic carbocycles. The monoisotopic (exact) mass is 826 g/mol. The molecule has 0 spiro atoms. The highest BCUT2D eigenvalue weighted by Crippen LogP contribution is 2.40. The highest BCUT2D eigenvalue weighted by molar-refractivity contribution is 7.89. The zero-order valence-electron chi connectivity index (χ0n) is 29.1. The minimum absolute atomic E-state index is 0.0177. The number of likely N-dealkylation sites (N-methyl/N-ethyl adjacent to an activating group) is 2. The maximum absolute atomic E-state index is 13.2. The predicted molar refractivity (Wildman–Crippen MR) is 216 cm³/mol. The maximum Gasteiger partial charge on any atom is 0.240 e. The molecule has 5 aromatic rings. The number of hydrogen-bond acceptors (Lipinski definition) is 6. The molecule has 0 saturated carbocycles. The molecular formula is C40H38Cl4N4O3S2. The molecule has 276 valence electrons. The Balaban J connectivity index is 0.932. The van der Waals surface area contributed by atoms with Crippen molar-refractivity contribution in [3.05, 3.63) is 162 Å². The van der Waals surface area contributed by atoms with Crippen LogP contribution in [-0.2, 0) is 47.6 Å². The molecule has 2 N–H and O–H groups in total. The van der Waals surface area contributed by atoms with Gasteiger partial charge in [-0.2, -0.15) is 0 Å².